The minimum atomic E-state index is 0.655. The van der Waals surface area contributed by atoms with Crippen LogP contribution in [0.1, 0.15) is 32.2 Å². The third-order valence-corrected chi connectivity index (χ3v) is 3.22. The number of rotatable bonds is 6. The number of anilines is 1. The van der Waals surface area contributed by atoms with Gasteiger partial charge in [0, 0.05) is 38.7 Å². The molecule has 4 heteroatoms. The van der Waals surface area contributed by atoms with E-state index in [1.54, 1.807) is 7.11 Å². The molecule has 2 rings (SSSR count). The minimum absolute atomic E-state index is 0.655. The summed E-state index contributed by atoms with van der Waals surface area (Å²) in [4.78, 5) is 4.35. The van der Waals surface area contributed by atoms with Gasteiger partial charge < -0.3 is 14.6 Å². The molecule has 0 amide bonds. The topological polar surface area (TPSA) is 39.1 Å². The monoisotopic (exact) mass is 223 g/mol. The van der Waals surface area contributed by atoms with E-state index in [0.29, 0.717) is 6.04 Å². The molecule has 0 radical (unpaired) electrons. The van der Waals surface area contributed by atoms with Crippen molar-refractivity contribution in [3.05, 3.63) is 12.4 Å². The Kier molecular flexibility index (Phi) is 3.83. The van der Waals surface area contributed by atoms with Crippen LogP contribution in [0.25, 0.3) is 0 Å². The third-order valence-electron chi connectivity index (χ3n) is 3.22. The third kappa shape index (κ3) is 2.55. The Hall–Kier alpha value is -1.03. The lowest BCUT2D eigenvalue weighted by atomic mass is 9.82. The number of aromatic nitrogens is 2. The normalized spacial score (nSPS) is 24.1. The van der Waals surface area contributed by atoms with Crippen LogP contribution in [0.5, 0.6) is 0 Å². The lowest BCUT2D eigenvalue weighted by Gasteiger charge is -2.34. The maximum absolute atomic E-state index is 5.02. The fourth-order valence-corrected chi connectivity index (χ4v) is 2.25. The molecule has 0 aliphatic heterocycles. The molecule has 1 aliphatic carbocycles. The molecule has 0 atom stereocenters. The van der Waals surface area contributed by atoms with E-state index in [4.69, 9.17) is 4.74 Å². The van der Waals surface area contributed by atoms with Gasteiger partial charge in [0.05, 0.1) is 0 Å². The first-order valence-corrected chi connectivity index (χ1v) is 6.07. The van der Waals surface area contributed by atoms with Crippen molar-refractivity contribution in [3.63, 3.8) is 0 Å². The Bertz CT molecular complexity index is 318. The number of hydrogen-bond acceptors (Lipinski definition) is 3. The smallest absolute Gasteiger partial charge is 0.203 e. The van der Waals surface area contributed by atoms with Gasteiger partial charge in [0.25, 0.3) is 0 Å². The van der Waals surface area contributed by atoms with Crippen molar-refractivity contribution in [1.29, 1.82) is 0 Å². The van der Waals surface area contributed by atoms with Crippen LogP contribution in [-0.4, -0.2) is 29.8 Å². The van der Waals surface area contributed by atoms with Crippen molar-refractivity contribution in [2.45, 2.75) is 32.2 Å². The number of methoxy groups -OCH3 is 1. The van der Waals surface area contributed by atoms with Crippen LogP contribution < -0.4 is 5.32 Å². The molecule has 16 heavy (non-hydrogen) atoms. The van der Waals surface area contributed by atoms with E-state index in [9.17, 15) is 0 Å². The van der Waals surface area contributed by atoms with Gasteiger partial charge in [0.2, 0.25) is 5.95 Å². The van der Waals surface area contributed by atoms with Gasteiger partial charge in [-0.2, -0.15) is 0 Å². The van der Waals surface area contributed by atoms with E-state index in [2.05, 4.69) is 28.0 Å². The maximum atomic E-state index is 5.02. The molecule has 0 aromatic carbocycles. The van der Waals surface area contributed by atoms with Crippen LogP contribution in [0.4, 0.5) is 5.95 Å². The molecule has 1 heterocycles. The summed E-state index contributed by atoms with van der Waals surface area (Å²) in [6, 6.07) is 0.655. The largest absolute Gasteiger partial charge is 0.385 e. The second-order valence-corrected chi connectivity index (χ2v) is 4.66. The van der Waals surface area contributed by atoms with Crippen LogP contribution in [0.15, 0.2) is 12.4 Å². The fourth-order valence-electron chi connectivity index (χ4n) is 2.25. The number of nitrogens with one attached hydrogen (secondary N) is 1. The first kappa shape index (κ1) is 11.5. The van der Waals surface area contributed by atoms with Crippen LogP contribution in [0.2, 0.25) is 0 Å². The Labute approximate surface area is 97.0 Å². The van der Waals surface area contributed by atoms with E-state index < -0.39 is 0 Å². The molecule has 0 bridgehead atoms. The van der Waals surface area contributed by atoms with Crippen molar-refractivity contribution >= 4 is 5.95 Å². The zero-order valence-corrected chi connectivity index (χ0v) is 10.1. The summed E-state index contributed by atoms with van der Waals surface area (Å²) >= 11 is 0. The molecule has 1 fully saturated rings. The Morgan fingerprint density at radius 2 is 2.38 bits per heavy atom. The van der Waals surface area contributed by atoms with E-state index >= 15 is 0 Å². The van der Waals surface area contributed by atoms with E-state index in [1.807, 2.05) is 6.20 Å². The van der Waals surface area contributed by atoms with Gasteiger partial charge in [-0.05, 0) is 25.2 Å². The second kappa shape index (κ2) is 5.34. The SMILES string of the molecule is COCCCNc1nccn1C1CC(C)C1. The van der Waals surface area contributed by atoms with Crippen LogP contribution in [0, 0.1) is 5.92 Å². The van der Waals surface area contributed by atoms with Crippen molar-refractivity contribution in [3.8, 4) is 0 Å². The van der Waals surface area contributed by atoms with E-state index in [-0.39, 0.29) is 0 Å². The maximum Gasteiger partial charge on any atom is 0.203 e. The summed E-state index contributed by atoms with van der Waals surface area (Å²) in [6.45, 7) is 4.03. The highest BCUT2D eigenvalue weighted by Gasteiger charge is 2.27. The highest BCUT2D eigenvalue weighted by molar-refractivity contribution is 5.27. The standard InChI is InChI=1S/C12H21N3O/c1-10-8-11(9-10)15-6-5-14-12(15)13-4-3-7-16-2/h5-6,10-11H,3-4,7-9H2,1-2H3,(H,13,14). The Morgan fingerprint density at radius 3 is 3.06 bits per heavy atom. The summed E-state index contributed by atoms with van der Waals surface area (Å²) < 4.78 is 7.29. The summed E-state index contributed by atoms with van der Waals surface area (Å²) in [5, 5.41) is 3.36. The number of imidazole rings is 1. The number of ether oxygens (including phenoxy) is 1. The van der Waals surface area contributed by atoms with Gasteiger partial charge in [-0.15, -0.1) is 0 Å². The lowest BCUT2D eigenvalue weighted by molar-refractivity contribution is 0.197. The molecule has 1 aliphatic rings. The molecule has 0 spiro atoms. The fraction of sp³-hybridized carbons (Fsp3) is 0.750. The van der Waals surface area contributed by atoms with E-state index in [1.165, 1.54) is 12.8 Å². The zero-order chi connectivity index (χ0) is 11.4. The number of hydrogen-bond donors (Lipinski definition) is 1. The van der Waals surface area contributed by atoms with Gasteiger partial charge in [-0.1, -0.05) is 6.92 Å². The molecule has 90 valence electrons. The van der Waals surface area contributed by atoms with Crippen molar-refractivity contribution in [2.24, 2.45) is 5.92 Å². The van der Waals surface area contributed by atoms with Crippen LogP contribution in [-0.2, 0) is 4.74 Å². The molecular formula is C12H21N3O. The second-order valence-electron chi connectivity index (χ2n) is 4.66. The molecular weight excluding hydrogens is 202 g/mol. The summed E-state index contributed by atoms with van der Waals surface area (Å²) in [7, 11) is 1.73. The average molecular weight is 223 g/mol. The first-order valence-electron chi connectivity index (χ1n) is 6.07. The molecule has 0 unspecified atom stereocenters. The van der Waals surface area contributed by atoms with Gasteiger partial charge >= 0.3 is 0 Å². The molecule has 1 saturated carbocycles. The predicted molar refractivity (Wildman–Crippen MR) is 64.6 cm³/mol. The lowest BCUT2D eigenvalue weighted by Crippen LogP contribution is -2.25. The van der Waals surface area contributed by atoms with Crippen molar-refractivity contribution in [1.82, 2.24) is 9.55 Å². The summed E-state index contributed by atoms with van der Waals surface area (Å²) in [5.74, 6) is 1.88. The van der Waals surface area contributed by atoms with E-state index in [0.717, 1.165) is 31.4 Å². The molecule has 0 saturated heterocycles. The predicted octanol–water partition coefficient (Wildman–Crippen LogP) is 2.30. The Morgan fingerprint density at radius 1 is 1.56 bits per heavy atom. The highest BCUT2D eigenvalue weighted by Crippen LogP contribution is 2.38. The molecule has 4 nitrogen and oxygen atoms in total. The average Bonchev–Trinajstić information content (AvgIpc) is 2.68. The minimum Gasteiger partial charge on any atom is -0.385 e. The Balaban J connectivity index is 1.82. The molecule has 1 aromatic rings. The molecule has 1 aromatic heterocycles. The summed E-state index contributed by atoms with van der Waals surface area (Å²) in [6.07, 6.45) is 7.54. The van der Waals surface area contributed by atoms with Gasteiger partial charge in [0.1, 0.15) is 0 Å². The van der Waals surface area contributed by atoms with Gasteiger partial charge in [0.15, 0.2) is 0 Å². The van der Waals surface area contributed by atoms with Gasteiger partial charge in [-0.3, -0.25) is 0 Å². The van der Waals surface area contributed by atoms with Crippen molar-refractivity contribution < 1.29 is 4.74 Å². The first-order chi connectivity index (χ1) is 7.81. The van der Waals surface area contributed by atoms with Crippen molar-refractivity contribution in [2.75, 3.05) is 25.6 Å². The highest BCUT2D eigenvalue weighted by atomic mass is 16.5. The van der Waals surface area contributed by atoms with Crippen LogP contribution >= 0.6 is 0 Å². The van der Waals surface area contributed by atoms with Crippen LogP contribution in [0.3, 0.4) is 0 Å². The number of nitrogens with zero attached hydrogens (tertiary/aromatic N) is 2. The summed E-state index contributed by atoms with van der Waals surface area (Å²) in [5.41, 5.74) is 0. The zero-order valence-electron chi connectivity index (χ0n) is 10.1. The quantitative estimate of drug-likeness (QED) is 0.752. The van der Waals surface area contributed by atoms with Gasteiger partial charge in [-0.25, -0.2) is 4.98 Å². The molecule has 1 N–H and O–H groups in total.